The molecule has 1 unspecified atom stereocenters. The zero-order valence-corrected chi connectivity index (χ0v) is 7.88. The summed E-state index contributed by atoms with van der Waals surface area (Å²) in [4.78, 5) is 13.7. The van der Waals surface area contributed by atoms with Crippen LogP contribution in [0.3, 0.4) is 0 Å². The molecule has 0 fully saturated rings. The third-order valence-corrected chi connectivity index (χ3v) is 1.46. The number of phosphoric acid groups is 1. The first-order valence-electron chi connectivity index (χ1n) is 4.57. The van der Waals surface area contributed by atoms with Crippen molar-refractivity contribution in [3.63, 3.8) is 0 Å². The van der Waals surface area contributed by atoms with E-state index in [-0.39, 0.29) is 6.61 Å². The Bertz CT molecular complexity index is 204. The summed E-state index contributed by atoms with van der Waals surface area (Å²) in [5.74, 6) is 2.41. The average molecular weight is 197 g/mol. The molecule has 12 heavy (non-hydrogen) atoms. The van der Waals surface area contributed by atoms with Crippen LogP contribution in [0, 0.1) is 12.3 Å². The third kappa shape index (κ3) is 12.4. The van der Waals surface area contributed by atoms with Gasteiger partial charge in [0.25, 0.3) is 7.82 Å². The SMILES string of the molecule is [3H]C.[3H]OP(=O)([O-])OCCCCC#C. The summed E-state index contributed by atoms with van der Waals surface area (Å²) < 4.78 is 26.5. The van der Waals surface area contributed by atoms with Gasteiger partial charge in [-0.3, -0.25) is 4.57 Å². The maximum atomic E-state index is 10.4. The fourth-order valence-electron chi connectivity index (χ4n) is 0.505. The first kappa shape index (κ1) is 9.76. The highest BCUT2D eigenvalue weighted by atomic mass is 31.2. The zero-order valence-electron chi connectivity index (χ0n) is 8.99. The normalized spacial score (nSPS) is 15.8. The lowest BCUT2D eigenvalue weighted by atomic mass is 10.2. The number of rotatable bonds is 6. The van der Waals surface area contributed by atoms with E-state index in [1.165, 1.54) is 7.40 Å². The van der Waals surface area contributed by atoms with Crippen LogP contribution >= 0.6 is 7.82 Å². The molecule has 0 heterocycles. The first-order chi connectivity index (χ1) is 6.62. The molecule has 0 aliphatic carbocycles. The summed E-state index contributed by atoms with van der Waals surface area (Å²) in [5.41, 5.74) is 0. The van der Waals surface area contributed by atoms with Gasteiger partial charge in [0.15, 0.2) is 0 Å². The van der Waals surface area contributed by atoms with Crippen molar-refractivity contribution in [2.75, 3.05) is 6.61 Å². The van der Waals surface area contributed by atoms with Gasteiger partial charge < -0.3 is 14.3 Å². The summed E-state index contributed by atoms with van der Waals surface area (Å²) in [7, 11) is -3.11. The number of phosphoric ester groups is 1. The molecule has 0 aromatic heterocycles. The van der Waals surface area contributed by atoms with E-state index in [2.05, 4.69) is 15.3 Å². The van der Waals surface area contributed by atoms with Crippen LogP contribution in [-0.4, -0.2) is 12.9 Å². The maximum Gasteiger partial charge on any atom is 0.265 e. The molecule has 0 aliphatic rings. The van der Waals surface area contributed by atoms with E-state index in [1.54, 1.807) is 0 Å². The van der Waals surface area contributed by atoms with Crippen LogP contribution in [0.15, 0.2) is 0 Å². The molecule has 0 saturated heterocycles. The lowest BCUT2D eigenvalue weighted by Crippen LogP contribution is -2.04. The van der Waals surface area contributed by atoms with Gasteiger partial charge in [-0.15, -0.1) is 12.3 Å². The molecule has 0 aliphatic heterocycles. The summed E-state index contributed by atoms with van der Waals surface area (Å²) in [6, 6.07) is 0. The van der Waals surface area contributed by atoms with E-state index >= 15 is 0 Å². The summed E-state index contributed by atoms with van der Waals surface area (Å²) >= 11 is 0. The first-order valence-corrected chi connectivity index (χ1v) is 4.62. The number of hydrogen-bond acceptors (Lipinski definition) is 4. The average Bonchev–Trinajstić information content (AvgIpc) is 2.21. The number of hydrogen-bond donors (Lipinski definition) is 1. The van der Waals surface area contributed by atoms with Gasteiger partial charge in [0.1, 0.15) is 0 Å². The van der Waals surface area contributed by atoms with Gasteiger partial charge in [0.05, 0.1) is 6.61 Å². The smallest absolute Gasteiger partial charge is 0.265 e. The van der Waals surface area contributed by atoms with Crippen molar-refractivity contribution in [1.82, 2.24) is 0 Å². The topological polar surface area (TPSA) is 69.6 Å². The van der Waals surface area contributed by atoms with Gasteiger partial charge in [-0.05, 0) is 12.8 Å². The molecule has 1 atom stereocenters. The van der Waals surface area contributed by atoms with E-state index in [0.29, 0.717) is 19.3 Å². The second kappa shape index (κ2) is 7.33. The predicted octanol–water partition coefficient (Wildman–Crippen LogP) is 0.903. The molecule has 1 N–H and O–H groups in total. The highest BCUT2D eigenvalue weighted by molar-refractivity contribution is 7.44. The van der Waals surface area contributed by atoms with E-state index in [9.17, 15) is 9.46 Å². The van der Waals surface area contributed by atoms with Gasteiger partial charge in [-0.1, -0.05) is 7.40 Å². The van der Waals surface area contributed by atoms with Gasteiger partial charge >= 0.3 is 0 Å². The van der Waals surface area contributed by atoms with Gasteiger partial charge in [-0.25, -0.2) is 0 Å². The quantitative estimate of drug-likeness (QED) is 0.390. The van der Waals surface area contributed by atoms with Crippen LogP contribution in [0.2, 0.25) is 0 Å². The monoisotopic (exact) mass is 197 g/mol. The van der Waals surface area contributed by atoms with Crippen LogP contribution in [0.5, 0.6) is 0 Å². The lowest BCUT2D eigenvalue weighted by Gasteiger charge is -2.14. The molecular weight excluding hydrogens is 179 g/mol. The van der Waals surface area contributed by atoms with Crippen LogP contribution < -0.4 is 4.89 Å². The molecule has 0 radical (unpaired) electrons. The van der Waals surface area contributed by atoms with Gasteiger partial charge in [0.2, 0.25) is 1.43 Å². The zero-order chi connectivity index (χ0) is 11.4. The molecule has 0 amide bonds. The van der Waals surface area contributed by atoms with Crippen molar-refractivity contribution in [3.8, 4) is 12.3 Å². The van der Waals surface area contributed by atoms with Crippen LogP contribution in [-0.2, 0) is 9.09 Å². The van der Waals surface area contributed by atoms with Crippen molar-refractivity contribution in [2.24, 2.45) is 0 Å². The second-order valence-electron chi connectivity index (χ2n) is 1.94. The molecule has 0 aromatic carbocycles. The van der Waals surface area contributed by atoms with E-state index in [4.69, 9.17) is 9.23 Å². The molecule has 0 bridgehead atoms. The summed E-state index contributed by atoms with van der Waals surface area (Å²) in [5, 5.41) is 0. The molecule has 4 nitrogen and oxygen atoms in total. The van der Waals surface area contributed by atoms with E-state index < -0.39 is 7.82 Å². The Kier molecular flexibility index (Phi) is 5.96. The predicted molar refractivity (Wildman–Crippen MR) is 45.2 cm³/mol. The minimum Gasteiger partial charge on any atom is -0.756 e. The number of unbranched alkanes of at least 4 members (excludes halogenated alkanes) is 2. The fraction of sp³-hybridized carbons (Fsp3) is 0.714. The number of terminal acetylenes is 1. The minimum absolute atomic E-state index is 0.0152. The highest BCUT2D eigenvalue weighted by Gasteiger charge is 1.99. The van der Waals surface area contributed by atoms with Crippen molar-refractivity contribution in [2.45, 2.75) is 26.7 Å². The lowest BCUT2D eigenvalue weighted by molar-refractivity contribution is -0.219. The Labute approximate surface area is 76.1 Å². The Morgan fingerprint density at radius 3 is 3.00 bits per heavy atom. The molecular formula is C7H14O4P-. The summed E-state index contributed by atoms with van der Waals surface area (Å²) in [6.07, 6.45) is 6.80. The largest absolute Gasteiger partial charge is 0.756 e. The Hall–Kier alpha value is -0.330. The third-order valence-electron chi connectivity index (χ3n) is 0.965. The van der Waals surface area contributed by atoms with Crippen molar-refractivity contribution < 1.29 is 20.2 Å². The summed E-state index contributed by atoms with van der Waals surface area (Å²) in [6.45, 7) is 0.0152. The maximum absolute atomic E-state index is 10.4. The van der Waals surface area contributed by atoms with Gasteiger partial charge in [-0.2, -0.15) is 0 Å². The van der Waals surface area contributed by atoms with Crippen LogP contribution in [0.1, 0.15) is 28.0 Å². The highest BCUT2D eigenvalue weighted by Crippen LogP contribution is 2.30. The fourth-order valence-corrected chi connectivity index (χ4v) is 0.858. The Morgan fingerprint density at radius 2 is 2.50 bits per heavy atom. The Morgan fingerprint density at radius 1 is 1.83 bits per heavy atom. The Balaban J connectivity index is 0. The van der Waals surface area contributed by atoms with E-state index in [0.717, 1.165) is 0 Å². The van der Waals surface area contributed by atoms with Crippen molar-refractivity contribution in [1.29, 1.82) is 1.43 Å². The van der Waals surface area contributed by atoms with Crippen molar-refractivity contribution >= 4 is 7.82 Å². The van der Waals surface area contributed by atoms with Crippen molar-refractivity contribution in [3.05, 3.63) is 0 Å². The van der Waals surface area contributed by atoms with Gasteiger partial charge in [0, 0.05) is 7.79 Å². The molecule has 72 valence electrons. The molecule has 0 aromatic rings. The minimum atomic E-state index is -4.36. The van der Waals surface area contributed by atoms with Crippen LogP contribution in [0.25, 0.3) is 0 Å². The molecule has 0 spiro atoms. The molecule has 0 rings (SSSR count). The van der Waals surface area contributed by atoms with Crippen LogP contribution in [0.4, 0.5) is 0 Å². The molecule has 5 heteroatoms. The standard InChI is InChI=1S/C6H11O4P.CH4/c1-2-3-4-5-6-10-11(7,8)9;/h1H,3-6H2,(H2,7,8,9);1H4/p-1/i;1T/hT. The molecule has 0 saturated carbocycles. The second-order valence-corrected chi connectivity index (χ2v) is 3.09. The van der Waals surface area contributed by atoms with E-state index in [1.807, 2.05) is 0 Å².